The number of aliphatic carboxylic acids is 2. The van der Waals surface area contributed by atoms with E-state index in [0.717, 1.165) is 0 Å². The van der Waals surface area contributed by atoms with Gasteiger partial charge in [-0.15, -0.1) is 0 Å². The minimum Gasteiger partial charge on any atom is -0.481 e. The lowest BCUT2D eigenvalue weighted by Crippen LogP contribution is -2.12. The lowest BCUT2D eigenvalue weighted by atomic mass is 10.1. The zero-order valence-electron chi connectivity index (χ0n) is 15.3. The van der Waals surface area contributed by atoms with E-state index >= 15 is 0 Å². The van der Waals surface area contributed by atoms with Crippen molar-refractivity contribution >= 4 is 37.5 Å². The second kappa shape index (κ2) is 11.0. The van der Waals surface area contributed by atoms with Gasteiger partial charge in [0.2, 0.25) is 7.37 Å². The second-order valence-electron chi connectivity index (χ2n) is 5.97. The van der Waals surface area contributed by atoms with Gasteiger partial charge in [-0.1, -0.05) is 36.4 Å². The van der Waals surface area contributed by atoms with Crippen LogP contribution in [0.3, 0.4) is 0 Å². The molecule has 11 heteroatoms. The van der Waals surface area contributed by atoms with E-state index in [2.05, 4.69) is 0 Å². The van der Waals surface area contributed by atoms with Crippen LogP contribution in [0.1, 0.15) is 18.4 Å². The third-order valence-corrected chi connectivity index (χ3v) is 6.70. The van der Waals surface area contributed by atoms with E-state index in [1.165, 1.54) is 30.3 Å². The van der Waals surface area contributed by atoms with Gasteiger partial charge in [0.15, 0.2) is 0 Å². The van der Waals surface area contributed by atoms with Crippen LogP contribution in [-0.4, -0.2) is 43.0 Å². The molecule has 0 aliphatic heterocycles. The molecule has 0 aliphatic rings. The normalized spacial score (nSPS) is 12.9. The highest BCUT2D eigenvalue weighted by atomic mass is 31.2. The molecule has 5 N–H and O–H groups in total. The van der Waals surface area contributed by atoms with Crippen molar-refractivity contribution in [1.29, 1.82) is 0 Å². The summed E-state index contributed by atoms with van der Waals surface area (Å²) in [4.78, 5) is 48.1. The van der Waals surface area contributed by atoms with Crippen LogP contribution in [0.2, 0.25) is 0 Å². The molecule has 2 rings (SSSR count). The largest absolute Gasteiger partial charge is 0.481 e. The summed E-state index contributed by atoms with van der Waals surface area (Å²) in [5, 5.41) is 17.1. The van der Waals surface area contributed by atoms with E-state index in [-0.39, 0.29) is 30.7 Å². The third kappa shape index (κ3) is 9.17. The Bertz CT molecular complexity index is 922. The standard InChI is InChI=1S/C9H11O5P.C9H11O4P/c10-9(11)6-5-7-3-1-2-4-8(7)15(12,13)14;10-9(11)6-7-14(12,13)8-4-2-1-3-5-8/h1-4H,5-6H2,(H,10,11)(H2,12,13,14);1-5H,6-7H2,(H,10,11)(H,12,13). The highest BCUT2D eigenvalue weighted by Gasteiger charge is 2.22. The molecule has 1 unspecified atom stereocenters. The van der Waals surface area contributed by atoms with E-state index < -0.39 is 26.9 Å². The third-order valence-electron chi connectivity index (χ3n) is 3.70. The van der Waals surface area contributed by atoms with Gasteiger partial charge >= 0.3 is 19.5 Å². The van der Waals surface area contributed by atoms with Gasteiger partial charge < -0.3 is 24.9 Å². The van der Waals surface area contributed by atoms with Crippen molar-refractivity contribution in [3.8, 4) is 0 Å². The Morgan fingerprint density at radius 2 is 1.28 bits per heavy atom. The van der Waals surface area contributed by atoms with Crippen LogP contribution in [0.25, 0.3) is 0 Å². The molecule has 0 amide bonds. The number of carbonyl (C=O) groups is 2. The molecule has 0 saturated carbocycles. The fourth-order valence-corrected chi connectivity index (χ4v) is 4.52. The second-order valence-corrected chi connectivity index (χ2v) is 9.91. The summed E-state index contributed by atoms with van der Waals surface area (Å²) in [6.07, 6.45) is -0.525. The van der Waals surface area contributed by atoms with E-state index in [9.17, 15) is 23.6 Å². The molecule has 0 aromatic heterocycles. The van der Waals surface area contributed by atoms with Gasteiger partial charge in [-0.3, -0.25) is 18.7 Å². The smallest absolute Gasteiger partial charge is 0.356 e. The van der Waals surface area contributed by atoms with E-state index in [1.54, 1.807) is 24.3 Å². The zero-order valence-corrected chi connectivity index (χ0v) is 17.1. The average Bonchev–Trinajstić information content (AvgIpc) is 2.65. The molecule has 2 aromatic rings. The van der Waals surface area contributed by atoms with Crippen molar-refractivity contribution in [2.24, 2.45) is 0 Å². The Morgan fingerprint density at radius 3 is 1.79 bits per heavy atom. The number of carboxylic acid groups (broad SMARTS) is 2. The van der Waals surface area contributed by atoms with Crippen molar-refractivity contribution in [3.63, 3.8) is 0 Å². The van der Waals surface area contributed by atoms with Crippen LogP contribution in [0, 0.1) is 0 Å². The lowest BCUT2D eigenvalue weighted by molar-refractivity contribution is -0.137. The van der Waals surface area contributed by atoms with Crippen LogP contribution in [0.4, 0.5) is 0 Å². The number of carboxylic acids is 2. The van der Waals surface area contributed by atoms with E-state index in [4.69, 9.17) is 20.0 Å². The minimum absolute atomic E-state index is 0.0914. The number of benzene rings is 2. The molecular formula is C18H22O9P2. The molecule has 0 aliphatic carbocycles. The molecule has 1 atom stereocenters. The van der Waals surface area contributed by atoms with Crippen LogP contribution in [0.5, 0.6) is 0 Å². The van der Waals surface area contributed by atoms with Gasteiger partial charge in [0, 0.05) is 17.9 Å². The SMILES string of the molecule is O=C(O)CCP(=O)(O)c1ccccc1.O=C(O)CCc1ccccc1P(=O)(O)O. The van der Waals surface area contributed by atoms with Gasteiger partial charge in [-0.2, -0.15) is 0 Å². The molecule has 158 valence electrons. The summed E-state index contributed by atoms with van der Waals surface area (Å²) in [5.41, 5.74) is 0.383. The topological polar surface area (TPSA) is 169 Å². The number of hydrogen-bond acceptors (Lipinski definition) is 4. The summed E-state index contributed by atoms with van der Waals surface area (Å²) in [6.45, 7) is 0. The van der Waals surface area contributed by atoms with E-state index in [1.807, 2.05) is 0 Å². The molecule has 29 heavy (non-hydrogen) atoms. The van der Waals surface area contributed by atoms with Crippen molar-refractivity contribution in [2.75, 3.05) is 6.16 Å². The molecule has 2 aromatic carbocycles. The summed E-state index contributed by atoms with van der Waals surface area (Å²) in [7, 11) is -7.79. The highest BCUT2D eigenvalue weighted by molar-refractivity contribution is 7.66. The van der Waals surface area contributed by atoms with Gasteiger partial charge in [-0.05, 0) is 30.2 Å². The van der Waals surface area contributed by atoms with E-state index in [0.29, 0.717) is 10.9 Å². The molecule has 9 nitrogen and oxygen atoms in total. The van der Waals surface area contributed by atoms with Crippen molar-refractivity contribution in [3.05, 3.63) is 60.2 Å². The maximum atomic E-state index is 11.6. The van der Waals surface area contributed by atoms with Crippen LogP contribution in [-0.2, 0) is 25.1 Å². The average molecular weight is 444 g/mol. The van der Waals surface area contributed by atoms with Gasteiger partial charge in [0.1, 0.15) is 0 Å². The van der Waals surface area contributed by atoms with Crippen molar-refractivity contribution in [2.45, 2.75) is 19.3 Å². The maximum Gasteiger partial charge on any atom is 0.356 e. The highest BCUT2D eigenvalue weighted by Crippen LogP contribution is 2.39. The van der Waals surface area contributed by atoms with Crippen LogP contribution >= 0.6 is 15.0 Å². The van der Waals surface area contributed by atoms with Crippen LogP contribution < -0.4 is 10.6 Å². The molecule has 0 saturated heterocycles. The zero-order chi connectivity index (χ0) is 22.1. The molecule has 0 heterocycles. The van der Waals surface area contributed by atoms with Gasteiger partial charge in [-0.25, -0.2) is 0 Å². The fraction of sp³-hybridized carbons (Fsp3) is 0.222. The quantitative estimate of drug-likeness (QED) is 0.379. The number of hydrogen-bond donors (Lipinski definition) is 5. The van der Waals surface area contributed by atoms with Gasteiger partial charge in [0.25, 0.3) is 0 Å². The first kappa shape index (κ1) is 24.8. The predicted octanol–water partition coefficient (Wildman–Crippen LogP) is 1.56. The Morgan fingerprint density at radius 1 is 0.759 bits per heavy atom. The first-order valence-electron chi connectivity index (χ1n) is 8.38. The monoisotopic (exact) mass is 444 g/mol. The summed E-state index contributed by atoms with van der Waals surface area (Å²) in [5.74, 6) is -2.05. The maximum absolute atomic E-state index is 11.6. The lowest BCUT2D eigenvalue weighted by Gasteiger charge is -2.09. The van der Waals surface area contributed by atoms with Gasteiger partial charge in [0.05, 0.1) is 11.7 Å². The molecule has 0 bridgehead atoms. The summed E-state index contributed by atoms with van der Waals surface area (Å²) < 4.78 is 22.7. The Balaban J connectivity index is 0.000000291. The minimum atomic E-state index is -4.31. The number of rotatable bonds is 8. The predicted molar refractivity (Wildman–Crippen MR) is 107 cm³/mol. The first-order chi connectivity index (χ1) is 13.4. The molecule has 0 radical (unpaired) electrons. The fourth-order valence-electron chi connectivity index (χ4n) is 2.29. The number of aryl methyl sites for hydroxylation is 1. The first-order valence-corrected chi connectivity index (χ1v) is 11.8. The Hall–Kier alpha value is -2.28. The van der Waals surface area contributed by atoms with Crippen molar-refractivity contribution in [1.82, 2.24) is 0 Å². The summed E-state index contributed by atoms with van der Waals surface area (Å²) >= 11 is 0. The molecule has 0 fully saturated rings. The molecular weight excluding hydrogens is 422 g/mol. The van der Waals surface area contributed by atoms with Crippen LogP contribution in [0.15, 0.2) is 54.6 Å². The Labute approximate surface area is 167 Å². The van der Waals surface area contributed by atoms with Crippen molar-refractivity contribution < 1.29 is 43.6 Å². The summed E-state index contributed by atoms with van der Waals surface area (Å²) in [6, 6.07) is 14.1. The molecule has 0 spiro atoms. The Kier molecular flexibility index (Phi) is 9.43.